The number of aromatic nitrogens is 4. The summed E-state index contributed by atoms with van der Waals surface area (Å²) < 4.78 is 7.38. The minimum absolute atomic E-state index is 0.00787. The highest BCUT2D eigenvalue weighted by Crippen LogP contribution is 2.09. The molecule has 2 heterocycles. The molecule has 0 aromatic carbocycles. The van der Waals surface area contributed by atoms with E-state index in [9.17, 15) is 9.59 Å². The van der Waals surface area contributed by atoms with Crippen LogP contribution in [-0.2, 0) is 13.6 Å². The Morgan fingerprint density at radius 1 is 1.39 bits per heavy atom. The summed E-state index contributed by atoms with van der Waals surface area (Å²) in [4.78, 5) is 27.5. The molecule has 0 aliphatic heterocycles. The smallest absolute Gasteiger partial charge is 0.331 e. The Hall–Kier alpha value is -2.18. The first kappa shape index (κ1) is 12.3. The lowest BCUT2D eigenvalue weighted by Gasteiger charge is -2.02. The number of rotatable bonds is 3. The van der Waals surface area contributed by atoms with Gasteiger partial charge in [0, 0.05) is 25.2 Å². The lowest BCUT2D eigenvalue weighted by Crippen LogP contribution is -2.38. The first-order valence-electron chi connectivity index (χ1n) is 5.58. The molecular weight excluding hydrogens is 236 g/mol. The van der Waals surface area contributed by atoms with Gasteiger partial charge in [0.1, 0.15) is 6.54 Å². The second kappa shape index (κ2) is 4.59. The molecule has 0 fully saturated rings. The summed E-state index contributed by atoms with van der Waals surface area (Å²) in [6.45, 7) is 3.86. The van der Waals surface area contributed by atoms with Gasteiger partial charge < -0.3 is 9.09 Å². The molecule has 2 rings (SSSR count). The van der Waals surface area contributed by atoms with Crippen LogP contribution in [0.1, 0.15) is 31.5 Å². The van der Waals surface area contributed by atoms with Gasteiger partial charge in [0.25, 0.3) is 5.56 Å². The van der Waals surface area contributed by atoms with Crippen LogP contribution < -0.4 is 11.2 Å². The highest BCUT2D eigenvalue weighted by atomic mass is 16.5. The van der Waals surface area contributed by atoms with E-state index in [2.05, 4.69) is 10.1 Å². The lowest BCUT2D eigenvalue weighted by atomic mass is 10.2. The van der Waals surface area contributed by atoms with Crippen LogP contribution >= 0.6 is 0 Å². The van der Waals surface area contributed by atoms with Crippen molar-refractivity contribution in [3.05, 3.63) is 44.8 Å². The quantitative estimate of drug-likeness (QED) is 0.771. The van der Waals surface area contributed by atoms with Crippen LogP contribution in [0.2, 0.25) is 0 Å². The highest BCUT2D eigenvalue weighted by molar-refractivity contribution is 4.94. The van der Waals surface area contributed by atoms with Gasteiger partial charge in [0.05, 0.1) is 0 Å². The average molecular weight is 250 g/mol. The summed E-state index contributed by atoms with van der Waals surface area (Å²) in [6.07, 6.45) is 1.43. The van der Waals surface area contributed by atoms with Crippen LogP contribution in [0.5, 0.6) is 0 Å². The maximum Gasteiger partial charge on any atom is 0.331 e. The molecule has 96 valence electrons. The molecule has 2 aromatic heterocycles. The van der Waals surface area contributed by atoms with E-state index in [1.807, 2.05) is 13.8 Å². The van der Waals surface area contributed by atoms with E-state index >= 15 is 0 Å². The Bertz CT molecular complexity index is 665. The second-order valence-corrected chi connectivity index (χ2v) is 4.33. The fourth-order valence-electron chi connectivity index (χ4n) is 1.46. The van der Waals surface area contributed by atoms with Crippen molar-refractivity contribution < 1.29 is 4.52 Å². The SMILES string of the molecule is CC(C)c1noc(Cn2c(=O)ccn(C)c2=O)n1. The van der Waals surface area contributed by atoms with Crippen molar-refractivity contribution in [3.63, 3.8) is 0 Å². The van der Waals surface area contributed by atoms with Gasteiger partial charge in [-0.25, -0.2) is 4.79 Å². The van der Waals surface area contributed by atoms with E-state index in [0.717, 1.165) is 4.57 Å². The molecule has 0 saturated heterocycles. The topological polar surface area (TPSA) is 82.9 Å². The number of hydrogen-bond acceptors (Lipinski definition) is 5. The Morgan fingerprint density at radius 2 is 2.11 bits per heavy atom. The summed E-state index contributed by atoms with van der Waals surface area (Å²) in [5, 5.41) is 3.78. The van der Waals surface area contributed by atoms with Gasteiger partial charge in [0.2, 0.25) is 5.89 Å². The van der Waals surface area contributed by atoms with Crippen LogP contribution in [0.25, 0.3) is 0 Å². The zero-order valence-corrected chi connectivity index (χ0v) is 10.5. The summed E-state index contributed by atoms with van der Waals surface area (Å²) in [5.74, 6) is 0.952. The zero-order valence-electron chi connectivity index (χ0n) is 10.5. The molecule has 0 radical (unpaired) electrons. The molecule has 0 bridgehead atoms. The van der Waals surface area contributed by atoms with Crippen molar-refractivity contribution in [2.45, 2.75) is 26.3 Å². The van der Waals surface area contributed by atoms with Gasteiger partial charge in [0.15, 0.2) is 5.82 Å². The minimum Gasteiger partial charge on any atom is -0.337 e. The normalized spacial score (nSPS) is 11.1. The van der Waals surface area contributed by atoms with Crippen molar-refractivity contribution in [2.24, 2.45) is 7.05 Å². The summed E-state index contributed by atoms with van der Waals surface area (Å²) >= 11 is 0. The first-order valence-corrected chi connectivity index (χ1v) is 5.58. The standard InChI is InChI=1S/C11H14N4O3/c1-7(2)10-12-8(18-13-10)6-15-9(16)4-5-14(3)11(15)17/h4-5,7H,6H2,1-3H3. The van der Waals surface area contributed by atoms with Crippen LogP contribution in [0, 0.1) is 0 Å². The molecule has 0 amide bonds. The second-order valence-electron chi connectivity index (χ2n) is 4.33. The molecule has 2 aromatic rings. The molecule has 7 nitrogen and oxygen atoms in total. The third-order valence-electron chi connectivity index (χ3n) is 2.53. The molecule has 0 unspecified atom stereocenters. The predicted molar refractivity (Wildman–Crippen MR) is 63.4 cm³/mol. The van der Waals surface area contributed by atoms with E-state index < -0.39 is 5.69 Å². The minimum atomic E-state index is -0.410. The highest BCUT2D eigenvalue weighted by Gasteiger charge is 2.12. The maximum atomic E-state index is 11.8. The third kappa shape index (κ3) is 2.24. The average Bonchev–Trinajstić information content (AvgIpc) is 2.78. The molecule has 0 N–H and O–H groups in total. The van der Waals surface area contributed by atoms with E-state index in [-0.39, 0.29) is 23.9 Å². The Balaban J connectivity index is 2.37. The number of hydrogen-bond donors (Lipinski definition) is 0. The maximum absolute atomic E-state index is 11.8. The number of aryl methyl sites for hydroxylation is 1. The summed E-state index contributed by atoms with van der Waals surface area (Å²) in [5.41, 5.74) is -0.797. The largest absolute Gasteiger partial charge is 0.337 e. The van der Waals surface area contributed by atoms with Crippen LogP contribution in [-0.4, -0.2) is 19.3 Å². The van der Waals surface area contributed by atoms with E-state index in [0.29, 0.717) is 5.82 Å². The molecule has 7 heteroatoms. The zero-order chi connectivity index (χ0) is 13.3. The molecule has 18 heavy (non-hydrogen) atoms. The third-order valence-corrected chi connectivity index (χ3v) is 2.53. The molecule has 0 saturated carbocycles. The van der Waals surface area contributed by atoms with E-state index in [1.54, 1.807) is 7.05 Å². The molecule has 0 aliphatic rings. The van der Waals surface area contributed by atoms with Gasteiger partial charge in [-0.3, -0.25) is 9.36 Å². The molecule has 0 atom stereocenters. The Morgan fingerprint density at radius 3 is 2.72 bits per heavy atom. The predicted octanol–water partition coefficient (Wildman–Crippen LogP) is 0.102. The lowest BCUT2D eigenvalue weighted by molar-refractivity contribution is 0.360. The fourth-order valence-corrected chi connectivity index (χ4v) is 1.46. The molecule has 0 aliphatic carbocycles. The van der Waals surface area contributed by atoms with Crippen LogP contribution in [0.15, 0.2) is 26.4 Å². The van der Waals surface area contributed by atoms with E-state index in [4.69, 9.17) is 4.52 Å². The molecular formula is C11H14N4O3. The summed E-state index contributed by atoms with van der Waals surface area (Å²) in [7, 11) is 1.58. The van der Waals surface area contributed by atoms with Crippen LogP contribution in [0.3, 0.4) is 0 Å². The van der Waals surface area contributed by atoms with Gasteiger partial charge in [-0.1, -0.05) is 19.0 Å². The van der Waals surface area contributed by atoms with Gasteiger partial charge in [-0.05, 0) is 0 Å². The van der Waals surface area contributed by atoms with Crippen molar-refractivity contribution in [3.8, 4) is 0 Å². The van der Waals surface area contributed by atoms with Crippen molar-refractivity contribution in [2.75, 3.05) is 0 Å². The van der Waals surface area contributed by atoms with Gasteiger partial charge in [-0.2, -0.15) is 4.98 Å². The van der Waals surface area contributed by atoms with Gasteiger partial charge in [-0.15, -0.1) is 0 Å². The number of nitrogens with zero attached hydrogens (tertiary/aromatic N) is 4. The monoisotopic (exact) mass is 250 g/mol. The van der Waals surface area contributed by atoms with Crippen molar-refractivity contribution in [1.82, 2.24) is 19.3 Å². The first-order chi connectivity index (χ1) is 8.49. The van der Waals surface area contributed by atoms with E-state index in [1.165, 1.54) is 16.8 Å². The Labute approximate surface area is 103 Å². The van der Waals surface area contributed by atoms with Crippen LogP contribution in [0.4, 0.5) is 0 Å². The van der Waals surface area contributed by atoms with Crippen molar-refractivity contribution >= 4 is 0 Å². The molecule has 0 spiro atoms. The summed E-state index contributed by atoms with van der Waals surface area (Å²) in [6, 6.07) is 1.32. The van der Waals surface area contributed by atoms with Crippen molar-refractivity contribution in [1.29, 1.82) is 0 Å². The Kier molecular flexibility index (Phi) is 3.14. The van der Waals surface area contributed by atoms with Gasteiger partial charge >= 0.3 is 5.69 Å². The fraction of sp³-hybridized carbons (Fsp3) is 0.455.